The van der Waals surface area contributed by atoms with Gasteiger partial charge in [-0.2, -0.15) is 0 Å². The SMILES string of the molecule is CCOCc1cc(Nc2ccccc2)cc(C2(c3ccc(OC)c(C)c3)C=C(N)NC2)c1. The van der Waals surface area contributed by atoms with Crippen LogP contribution in [0.1, 0.15) is 29.2 Å². The van der Waals surface area contributed by atoms with Crippen molar-refractivity contribution in [2.75, 3.05) is 25.6 Å². The molecule has 0 radical (unpaired) electrons. The molecule has 4 rings (SSSR count). The van der Waals surface area contributed by atoms with Gasteiger partial charge >= 0.3 is 0 Å². The molecule has 0 amide bonds. The molecule has 3 aromatic rings. The van der Waals surface area contributed by atoms with Gasteiger partial charge in [-0.15, -0.1) is 0 Å². The van der Waals surface area contributed by atoms with Gasteiger partial charge in [0.05, 0.1) is 25.0 Å². The maximum Gasteiger partial charge on any atom is 0.121 e. The third-order valence-corrected chi connectivity index (χ3v) is 5.93. The normalized spacial score (nSPS) is 17.5. The van der Waals surface area contributed by atoms with Gasteiger partial charge in [0.15, 0.2) is 0 Å². The van der Waals surface area contributed by atoms with E-state index in [0.717, 1.165) is 33.8 Å². The van der Waals surface area contributed by atoms with Crippen LogP contribution in [0.4, 0.5) is 11.4 Å². The van der Waals surface area contributed by atoms with Crippen LogP contribution in [0.3, 0.4) is 0 Å². The molecular formula is C27H31N3O2. The molecule has 5 heteroatoms. The van der Waals surface area contributed by atoms with Gasteiger partial charge in [-0.3, -0.25) is 0 Å². The predicted octanol–water partition coefficient (Wildman–Crippen LogP) is 4.97. The fraction of sp³-hybridized carbons (Fsp3) is 0.259. The zero-order valence-electron chi connectivity index (χ0n) is 18.9. The maximum absolute atomic E-state index is 6.24. The van der Waals surface area contributed by atoms with Crippen molar-refractivity contribution in [2.45, 2.75) is 25.9 Å². The van der Waals surface area contributed by atoms with Gasteiger partial charge < -0.3 is 25.8 Å². The lowest BCUT2D eigenvalue weighted by molar-refractivity contribution is 0.134. The fourth-order valence-electron chi connectivity index (χ4n) is 4.32. The summed E-state index contributed by atoms with van der Waals surface area (Å²) in [7, 11) is 1.70. The lowest BCUT2D eigenvalue weighted by Gasteiger charge is -2.30. The minimum atomic E-state index is -0.392. The molecule has 1 aliphatic heterocycles. The average Bonchev–Trinajstić information content (AvgIpc) is 3.21. The molecule has 1 atom stereocenters. The minimum absolute atomic E-state index is 0.392. The van der Waals surface area contributed by atoms with Crippen molar-refractivity contribution in [1.82, 2.24) is 5.32 Å². The molecule has 0 aliphatic carbocycles. The van der Waals surface area contributed by atoms with Crippen molar-refractivity contribution in [3.8, 4) is 5.75 Å². The smallest absolute Gasteiger partial charge is 0.121 e. The van der Waals surface area contributed by atoms with E-state index in [1.807, 2.05) is 31.2 Å². The van der Waals surface area contributed by atoms with Crippen LogP contribution < -0.4 is 21.1 Å². The fourth-order valence-corrected chi connectivity index (χ4v) is 4.32. The maximum atomic E-state index is 6.24. The Balaban J connectivity index is 1.83. The molecule has 1 unspecified atom stereocenters. The number of rotatable bonds is 8. The topological polar surface area (TPSA) is 68.5 Å². The van der Waals surface area contributed by atoms with Crippen LogP contribution in [0.25, 0.3) is 0 Å². The Labute approximate surface area is 190 Å². The van der Waals surface area contributed by atoms with E-state index in [0.29, 0.717) is 25.6 Å². The molecule has 1 heterocycles. The van der Waals surface area contributed by atoms with E-state index in [2.05, 4.69) is 66.1 Å². The standard InChI is InChI=1S/C27H31N3O2/c1-4-32-17-20-13-22(15-24(14-20)30-23-8-6-5-7-9-23)27(16-26(28)29-18-27)21-10-11-25(31-3)19(2)12-21/h5-16,29-30H,4,17-18,28H2,1-3H3. The van der Waals surface area contributed by atoms with Crippen LogP contribution in [0, 0.1) is 6.92 Å². The van der Waals surface area contributed by atoms with E-state index < -0.39 is 5.41 Å². The molecule has 0 spiro atoms. The first-order valence-electron chi connectivity index (χ1n) is 11.0. The highest BCUT2D eigenvalue weighted by molar-refractivity contribution is 5.64. The van der Waals surface area contributed by atoms with Gasteiger partial charge in [0.25, 0.3) is 0 Å². The van der Waals surface area contributed by atoms with E-state index in [1.165, 1.54) is 5.56 Å². The number of ether oxygens (including phenoxy) is 2. The van der Waals surface area contributed by atoms with Crippen molar-refractivity contribution in [2.24, 2.45) is 5.73 Å². The van der Waals surface area contributed by atoms with Crippen LogP contribution in [-0.4, -0.2) is 20.3 Å². The lowest BCUT2D eigenvalue weighted by atomic mass is 9.74. The Kier molecular flexibility index (Phi) is 6.37. The van der Waals surface area contributed by atoms with E-state index in [-0.39, 0.29) is 0 Å². The molecular weight excluding hydrogens is 398 g/mol. The van der Waals surface area contributed by atoms with Gasteiger partial charge in [0.2, 0.25) is 0 Å². The van der Waals surface area contributed by atoms with Crippen molar-refractivity contribution >= 4 is 11.4 Å². The molecule has 0 aromatic heterocycles. The first-order valence-corrected chi connectivity index (χ1v) is 11.0. The van der Waals surface area contributed by atoms with Gasteiger partial charge in [-0.1, -0.05) is 36.4 Å². The average molecular weight is 430 g/mol. The highest BCUT2D eigenvalue weighted by Crippen LogP contribution is 2.40. The second-order valence-corrected chi connectivity index (χ2v) is 8.16. The molecule has 0 saturated heterocycles. The second-order valence-electron chi connectivity index (χ2n) is 8.16. The van der Waals surface area contributed by atoms with Gasteiger partial charge in [-0.05, 0) is 72.5 Å². The first kappa shape index (κ1) is 21.8. The molecule has 4 N–H and O–H groups in total. The molecule has 3 aromatic carbocycles. The van der Waals surface area contributed by atoms with Crippen LogP contribution in [0.2, 0.25) is 0 Å². The molecule has 32 heavy (non-hydrogen) atoms. The number of aryl methyl sites for hydroxylation is 1. The zero-order chi connectivity index (χ0) is 22.6. The van der Waals surface area contributed by atoms with Gasteiger partial charge in [0, 0.05) is 24.5 Å². The summed E-state index contributed by atoms with van der Waals surface area (Å²) >= 11 is 0. The van der Waals surface area contributed by atoms with Crippen LogP contribution in [-0.2, 0) is 16.8 Å². The Morgan fingerprint density at radius 2 is 1.81 bits per heavy atom. The Morgan fingerprint density at radius 3 is 2.47 bits per heavy atom. The minimum Gasteiger partial charge on any atom is -0.496 e. The van der Waals surface area contributed by atoms with E-state index in [4.69, 9.17) is 15.2 Å². The van der Waals surface area contributed by atoms with E-state index >= 15 is 0 Å². The van der Waals surface area contributed by atoms with Gasteiger partial charge in [0.1, 0.15) is 5.75 Å². The van der Waals surface area contributed by atoms with Crippen molar-refractivity contribution in [3.63, 3.8) is 0 Å². The number of benzene rings is 3. The van der Waals surface area contributed by atoms with Crippen LogP contribution in [0.5, 0.6) is 5.75 Å². The van der Waals surface area contributed by atoms with Crippen molar-refractivity contribution < 1.29 is 9.47 Å². The molecule has 166 valence electrons. The first-order chi connectivity index (χ1) is 15.5. The third kappa shape index (κ3) is 4.43. The monoisotopic (exact) mass is 429 g/mol. The highest BCUT2D eigenvalue weighted by atomic mass is 16.5. The molecule has 1 aliphatic rings. The molecule has 0 bridgehead atoms. The zero-order valence-corrected chi connectivity index (χ0v) is 18.9. The van der Waals surface area contributed by atoms with Crippen molar-refractivity contribution in [1.29, 1.82) is 0 Å². The molecule has 5 nitrogen and oxygen atoms in total. The summed E-state index contributed by atoms with van der Waals surface area (Å²) in [6.45, 7) is 5.99. The Hall–Kier alpha value is -3.44. The Bertz CT molecular complexity index is 1110. The highest BCUT2D eigenvalue weighted by Gasteiger charge is 2.37. The second kappa shape index (κ2) is 9.37. The number of anilines is 2. The summed E-state index contributed by atoms with van der Waals surface area (Å²) in [6, 6.07) is 23.1. The predicted molar refractivity (Wildman–Crippen MR) is 130 cm³/mol. The number of methoxy groups -OCH3 is 1. The summed E-state index contributed by atoms with van der Waals surface area (Å²) in [5, 5.41) is 6.89. The largest absolute Gasteiger partial charge is 0.496 e. The number of nitrogens with two attached hydrogens (primary N) is 1. The summed E-state index contributed by atoms with van der Waals surface area (Å²) < 4.78 is 11.2. The van der Waals surface area contributed by atoms with E-state index in [1.54, 1.807) is 7.11 Å². The number of hydrogen-bond acceptors (Lipinski definition) is 5. The quantitative estimate of drug-likeness (QED) is 0.472. The van der Waals surface area contributed by atoms with Gasteiger partial charge in [-0.25, -0.2) is 0 Å². The van der Waals surface area contributed by atoms with Crippen molar-refractivity contribution in [3.05, 3.63) is 101 Å². The molecule has 0 fully saturated rings. The third-order valence-electron chi connectivity index (χ3n) is 5.93. The van der Waals surface area contributed by atoms with Crippen LogP contribution in [0.15, 0.2) is 78.6 Å². The number of para-hydroxylation sites is 1. The Morgan fingerprint density at radius 1 is 1.00 bits per heavy atom. The summed E-state index contributed by atoms with van der Waals surface area (Å²) in [5.41, 5.74) is 12.5. The number of nitrogens with one attached hydrogen (secondary N) is 2. The molecule has 0 saturated carbocycles. The summed E-state index contributed by atoms with van der Waals surface area (Å²) in [4.78, 5) is 0. The van der Waals surface area contributed by atoms with E-state index in [9.17, 15) is 0 Å². The lowest BCUT2D eigenvalue weighted by Crippen LogP contribution is -2.31. The number of hydrogen-bond donors (Lipinski definition) is 3. The summed E-state index contributed by atoms with van der Waals surface area (Å²) in [6.07, 6.45) is 2.13. The van der Waals surface area contributed by atoms with Crippen LogP contribution >= 0.6 is 0 Å². The summed E-state index contributed by atoms with van der Waals surface area (Å²) in [5.74, 6) is 1.56.